The van der Waals surface area contributed by atoms with E-state index >= 15 is 0 Å². The van der Waals surface area contributed by atoms with E-state index in [4.69, 9.17) is 10.2 Å². The number of hydrogen-bond acceptors (Lipinski definition) is 4. The van der Waals surface area contributed by atoms with E-state index < -0.39 is 5.54 Å². The van der Waals surface area contributed by atoms with Crippen LogP contribution in [0.5, 0.6) is 0 Å². The molecule has 1 aromatic heterocycles. The average molecular weight is 288 g/mol. The van der Waals surface area contributed by atoms with E-state index in [0.29, 0.717) is 24.4 Å². The Labute approximate surface area is 117 Å². The third-order valence-electron chi connectivity index (χ3n) is 3.20. The normalized spacial score (nSPS) is 17.6. The van der Waals surface area contributed by atoms with Crippen molar-refractivity contribution < 1.29 is 14.0 Å². The topological polar surface area (TPSA) is 88.6 Å². The number of amides is 2. The van der Waals surface area contributed by atoms with Crippen LogP contribution in [0.25, 0.3) is 0 Å². The number of hydrogen-bond donors (Lipinski definition) is 2. The molecule has 106 valence electrons. The predicted octanol–water partition coefficient (Wildman–Crippen LogP) is 0.511. The summed E-state index contributed by atoms with van der Waals surface area (Å²) in [5, 5.41) is 2.75. The minimum Gasteiger partial charge on any atom is -0.467 e. The first-order chi connectivity index (χ1) is 8.46. The second kappa shape index (κ2) is 5.63. The highest BCUT2D eigenvalue weighted by Crippen LogP contribution is 2.21. The molecular weight excluding hydrogens is 270 g/mol. The number of nitrogens with one attached hydrogen (secondary N) is 1. The van der Waals surface area contributed by atoms with Gasteiger partial charge in [0.15, 0.2) is 0 Å². The van der Waals surface area contributed by atoms with Gasteiger partial charge in [-0.25, -0.2) is 0 Å². The highest BCUT2D eigenvalue weighted by Gasteiger charge is 2.40. The number of rotatable bonds is 2. The maximum absolute atomic E-state index is 12.3. The molecule has 0 saturated carbocycles. The molecule has 1 aliphatic heterocycles. The van der Waals surface area contributed by atoms with E-state index in [1.165, 1.54) is 6.26 Å². The van der Waals surface area contributed by atoms with Crippen molar-refractivity contribution in [2.45, 2.75) is 25.9 Å². The molecule has 1 aromatic rings. The quantitative estimate of drug-likeness (QED) is 0.829. The number of nitrogens with zero attached hydrogens (tertiary/aromatic N) is 1. The van der Waals surface area contributed by atoms with Crippen LogP contribution in [0.15, 0.2) is 16.7 Å². The number of halogens is 1. The van der Waals surface area contributed by atoms with Gasteiger partial charge in [-0.3, -0.25) is 9.59 Å². The first-order valence-electron chi connectivity index (χ1n) is 5.84. The van der Waals surface area contributed by atoms with Crippen molar-refractivity contribution in [1.29, 1.82) is 0 Å². The van der Waals surface area contributed by atoms with Crippen LogP contribution in [0.2, 0.25) is 0 Å². The van der Waals surface area contributed by atoms with E-state index in [1.54, 1.807) is 24.8 Å². The molecule has 0 atom stereocenters. The summed E-state index contributed by atoms with van der Waals surface area (Å²) in [5.74, 6) is 0.195. The summed E-state index contributed by atoms with van der Waals surface area (Å²) in [6, 6.07) is 1.62. The maximum Gasteiger partial charge on any atom is 0.258 e. The minimum atomic E-state index is -0.852. The summed E-state index contributed by atoms with van der Waals surface area (Å²) in [6.07, 6.45) is 1.38. The molecule has 0 bridgehead atoms. The van der Waals surface area contributed by atoms with Crippen molar-refractivity contribution in [2.75, 3.05) is 13.1 Å². The molecule has 0 radical (unpaired) electrons. The zero-order valence-corrected chi connectivity index (χ0v) is 11.8. The Balaban J connectivity index is 0.00000180. The zero-order chi connectivity index (χ0) is 13.3. The Kier molecular flexibility index (Phi) is 4.60. The van der Waals surface area contributed by atoms with Crippen molar-refractivity contribution in [3.8, 4) is 0 Å². The third kappa shape index (κ3) is 2.74. The Hall–Kier alpha value is -1.53. The SMILES string of the molecule is CC1(C)C(=O)NCCN1C(=O)c1coc(CN)c1.Cl. The van der Waals surface area contributed by atoms with Crippen LogP contribution in [-0.4, -0.2) is 35.3 Å². The number of carbonyl (C=O) groups is 2. The lowest BCUT2D eigenvalue weighted by atomic mass is 9.98. The van der Waals surface area contributed by atoms with Gasteiger partial charge in [0.1, 0.15) is 17.6 Å². The lowest BCUT2D eigenvalue weighted by molar-refractivity contribution is -0.133. The highest BCUT2D eigenvalue weighted by molar-refractivity contribution is 5.99. The van der Waals surface area contributed by atoms with E-state index in [0.717, 1.165) is 0 Å². The fourth-order valence-electron chi connectivity index (χ4n) is 2.01. The molecule has 2 rings (SSSR count). The van der Waals surface area contributed by atoms with E-state index in [1.807, 2.05) is 0 Å². The molecule has 3 N–H and O–H groups in total. The summed E-state index contributed by atoms with van der Waals surface area (Å²) >= 11 is 0. The van der Waals surface area contributed by atoms with Crippen LogP contribution in [0.3, 0.4) is 0 Å². The first-order valence-corrected chi connectivity index (χ1v) is 5.84. The molecule has 6 nitrogen and oxygen atoms in total. The van der Waals surface area contributed by atoms with Crippen LogP contribution >= 0.6 is 12.4 Å². The van der Waals surface area contributed by atoms with E-state index in [9.17, 15) is 9.59 Å². The van der Waals surface area contributed by atoms with Crippen LogP contribution in [0, 0.1) is 0 Å². The summed E-state index contributed by atoms with van der Waals surface area (Å²) in [7, 11) is 0. The lowest BCUT2D eigenvalue weighted by Gasteiger charge is -2.40. The standard InChI is InChI=1S/C12H17N3O3.ClH/c1-12(2)11(17)14-3-4-15(12)10(16)8-5-9(6-13)18-7-8;/h5,7H,3-4,6,13H2,1-2H3,(H,14,17);1H. The molecule has 7 heteroatoms. The van der Waals surface area contributed by atoms with Crippen LogP contribution in [0.4, 0.5) is 0 Å². The molecule has 1 aliphatic rings. The summed E-state index contributed by atoms with van der Waals surface area (Å²) < 4.78 is 5.15. The zero-order valence-electron chi connectivity index (χ0n) is 10.9. The fourth-order valence-corrected chi connectivity index (χ4v) is 2.01. The van der Waals surface area contributed by atoms with Gasteiger partial charge in [0.05, 0.1) is 12.1 Å². The van der Waals surface area contributed by atoms with Crippen LogP contribution < -0.4 is 11.1 Å². The molecule has 0 aliphatic carbocycles. The van der Waals surface area contributed by atoms with Gasteiger partial charge < -0.3 is 20.4 Å². The summed E-state index contributed by atoms with van der Waals surface area (Å²) in [4.78, 5) is 25.7. The minimum absolute atomic E-state index is 0. The van der Waals surface area contributed by atoms with Gasteiger partial charge in [-0.2, -0.15) is 0 Å². The largest absolute Gasteiger partial charge is 0.467 e. The number of furan rings is 1. The van der Waals surface area contributed by atoms with E-state index in [2.05, 4.69) is 5.32 Å². The van der Waals surface area contributed by atoms with Crippen molar-refractivity contribution >= 4 is 24.2 Å². The second-order valence-electron chi connectivity index (χ2n) is 4.78. The smallest absolute Gasteiger partial charge is 0.258 e. The van der Waals surface area contributed by atoms with Crippen LogP contribution in [0.1, 0.15) is 30.0 Å². The van der Waals surface area contributed by atoms with Crippen molar-refractivity contribution in [3.05, 3.63) is 23.7 Å². The molecule has 19 heavy (non-hydrogen) atoms. The molecule has 0 spiro atoms. The fraction of sp³-hybridized carbons (Fsp3) is 0.500. The molecule has 2 heterocycles. The first kappa shape index (κ1) is 15.5. The predicted molar refractivity (Wildman–Crippen MR) is 72.0 cm³/mol. The maximum atomic E-state index is 12.3. The van der Waals surface area contributed by atoms with Crippen molar-refractivity contribution in [2.24, 2.45) is 5.73 Å². The molecule has 2 amide bonds. The van der Waals surface area contributed by atoms with Gasteiger partial charge >= 0.3 is 0 Å². The van der Waals surface area contributed by atoms with Crippen molar-refractivity contribution in [3.63, 3.8) is 0 Å². The van der Waals surface area contributed by atoms with Gasteiger partial charge in [-0.05, 0) is 19.9 Å². The molecule has 0 aromatic carbocycles. The van der Waals surface area contributed by atoms with Gasteiger partial charge in [0, 0.05) is 13.1 Å². The Morgan fingerprint density at radius 3 is 2.84 bits per heavy atom. The highest BCUT2D eigenvalue weighted by atomic mass is 35.5. The Morgan fingerprint density at radius 1 is 1.58 bits per heavy atom. The molecular formula is C12H18ClN3O3. The second-order valence-corrected chi connectivity index (χ2v) is 4.78. The molecule has 1 saturated heterocycles. The van der Waals surface area contributed by atoms with Gasteiger partial charge in [0.2, 0.25) is 5.91 Å². The summed E-state index contributed by atoms with van der Waals surface area (Å²) in [5.41, 5.74) is 5.01. The number of carbonyl (C=O) groups excluding carboxylic acids is 2. The molecule has 0 unspecified atom stereocenters. The van der Waals surface area contributed by atoms with Gasteiger partial charge in [-0.1, -0.05) is 0 Å². The van der Waals surface area contributed by atoms with Gasteiger partial charge in [0.25, 0.3) is 5.91 Å². The van der Waals surface area contributed by atoms with Crippen molar-refractivity contribution in [1.82, 2.24) is 10.2 Å². The van der Waals surface area contributed by atoms with Crippen LogP contribution in [-0.2, 0) is 11.3 Å². The lowest BCUT2D eigenvalue weighted by Crippen LogP contribution is -2.63. The number of nitrogens with two attached hydrogens (primary N) is 1. The monoisotopic (exact) mass is 287 g/mol. The third-order valence-corrected chi connectivity index (χ3v) is 3.20. The Bertz CT molecular complexity index is 484. The van der Waals surface area contributed by atoms with Gasteiger partial charge in [-0.15, -0.1) is 12.4 Å². The Morgan fingerprint density at radius 2 is 2.26 bits per heavy atom. The molecule has 1 fully saturated rings. The summed E-state index contributed by atoms with van der Waals surface area (Å²) in [6.45, 7) is 4.65. The van der Waals surface area contributed by atoms with E-state index in [-0.39, 0.29) is 30.8 Å². The number of piperazine rings is 1. The average Bonchev–Trinajstić information content (AvgIpc) is 2.80.